The highest BCUT2D eigenvalue weighted by Crippen LogP contribution is 2.29. The van der Waals surface area contributed by atoms with Gasteiger partial charge in [-0.15, -0.1) is 0 Å². The van der Waals surface area contributed by atoms with E-state index in [0.717, 1.165) is 35.6 Å². The lowest BCUT2D eigenvalue weighted by Gasteiger charge is -2.32. The molecule has 30 heavy (non-hydrogen) atoms. The predicted molar refractivity (Wildman–Crippen MR) is 120 cm³/mol. The van der Waals surface area contributed by atoms with Gasteiger partial charge in [-0.1, -0.05) is 30.3 Å². The zero-order valence-electron chi connectivity index (χ0n) is 17.6. The van der Waals surface area contributed by atoms with E-state index in [4.69, 9.17) is 12.2 Å². The minimum Gasteiger partial charge on any atom is -0.339 e. The molecule has 1 N–H and O–H groups in total. The fourth-order valence-electron chi connectivity index (χ4n) is 4.17. The summed E-state index contributed by atoms with van der Waals surface area (Å²) in [6, 6.07) is 14.1. The Labute approximate surface area is 182 Å². The molecule has 1 aliphatic rings. The summed E-state index contributed by atoms with van der Waals surface area (Å²) in [4.78, 5) is 19.7. The Morgan fingerprint density at radius 2 is 1.83 bits per heavy atom. The van der Waals surface area contributed by atoms with Gasteiger partial charge in [0.25, 0.3) is 5.91 Å². The SMILES string of the molecule is Cc1nc(-c2ccccc2)ccc1C(=O)N1CCC(c2n[nH]c(=S)n2C(C)C)CC1. The van der Waals surface area contributed by atoms with Crippen LogP contribution in [0.4, 0.5) is 0 Å². The molecule has 7 heteroatoms. The lowest BCUT2D eigenvalue weighted by molar-refractivity contribution is 0.0708. The number of hydrogen-bond acceptors (Lipinski definition) is 4. The second-order valence-electron chi connectivity index (χ2n) is 8.11. The summed E-state index contributed by atoms with van der Waals surface area (Å²) in [6.07, 6.45) is 1.76. The maximum Gasteiger partial charge on any atom is 0.255 e. The number of aromatic amines is 1. The lowest BCUT2D eigenvalue weighted by Crippen LogP contribution is -2.38. The zero-order valence-corrected chi connectivity index (χ0v) is 18.4. The van der Waals surface area contributed by atoms with E-state index in [1.165, 1.54) is 0 Å². The molecule has 1 amide bonds. The number of H-pyrrole nitrogens is 1. The van der Waals surface area contributed by atoms with Crippen molar-refractivity contribution in [2.45, 2.75) is 45.6 Å². The van der Waals surface area contributed by atoms with Crippen molar-refractivity contribution >= 4 is 18.1 Å². The lowest BCUT2D eigenvalue weighted by atomic mass is 9.95. The van der Waals surface area contributed by atoms with Crippen molar-refractivity contribution in [3.63, 3.8) is 0 Å². The van der Waals surface area contributed by atoms with Crippen molar-refractivity contribution < 1.29 is 4.79 Å². The minimum absolute atomic E-state index is 0.0563. The normalized spacial score (nSPS) is 15.0. The summed E-state index contributed by atoms with van der Waals surface area (Å²) in [5.41, 5.74) is 3.39. The molecule has 1 aromatic carbocycles. The Bertz CT molecular complexity index is 1090. The molecule has 0 saturated carbocycles. The third-order valence-electron chi connectivity index (χ3n) is 5.78. The molecule has 6 nitrogen and oxygen atoms in total. The fraction of sp³-hybridized carbons (Fsp3) is 0.391. The molecule has 4 rings (SSSR count). The van der Waals surface area contributed by atoms with Crippen LogP contribution in [0.5, 0.6) is 0 Å². The van der Waals surface area contributed by atoms with Gasteiger partial charge >= 0.3 is 0 Å². The van der Waals surface area contributed by atoms with Crippen LogP contribution in [0, 0.1) is 11.7 Å². The highest BCUT2D eigenvalue weighted by atomic mass is 32.1. The molecule has 1 fully saturated rings. The molecule has 0 atom stereocenters. The molecule has 3 heterocycles. The van der Waals surface area contributed by atoms with Crippen LogP contribution in [0.1, 0.15) is 60.5 Å². The Morgan fingerprint density at radius 3 is 2.47 bits per heavy atom. The number of carbonyl (C=O) groups excluding carboxylic acids is 1. The maximum atomic E-state index is 13.1. The number of rotatable bonds is 4. The van der Waals surface area contributed by atoms with Gasteiger partial charge in [0.15, 0.2) is 4.77 Å². The first-order chi connectivity index (χ1) is 14.5. The maximum absolute atomic E-state index is 13.1. The first kappa shape index (κ1) is 20.5. The van der Waals surface area contributed by atoms with Gasteiger partial charge in [-0.25, -0.2) is 0 Å². The number of hydrogen-bond donors (Lipinski definition) is 1. The van der Waals surface area contributed by atoms with Crippen LogP contribution in [-0.4, -0.2) is 43.6 Å². The quantitative estimate of drug-likeness (QED) is 0.608. The molecule has 0 aliphatic carbocycles. The number of nitrogens with one attached hydrogen (secondary N) is 1. The van der Waals surface area contributed by atoms with Gasteiger partial charge in [-0.2, -0.15) is 5.10 Å². The van der Waals surface area contributed by atoms with E-state index in [0.29, 0.717) is 29.3 Å². The second-order valence-corrected chi connectivity index (χ2v) is 8.50. The summed E-state index contributed by atoms with van der Waals surface area (Å²) >= 11 is 5.38. The third kappa shape index (κ3) is 3.94. The molecule has 2 aromatic heterocycles. The Hall–Kier alpha value is -2.80. The third-order valence-corrected chi connectivity index (χ3v) is 6.07. The predicted octanol–water partition coefficient (Wildman–Crippen LogP) is 4.91. The van der Waals surface area contributed by atoms with Gasteiger partial charge < -0.3 is 9.47 Å². The summed E-state index contributed by atoms with van der Waals surface area (Å²) in [5, 5.41) is 7.40. The van der Waals surface area contributed by atoms with Gasteiger partial charge in [0.1, 0.15) is 5.82 Å². The number of amides is 1. The highest BCUT2D eigenvalue weighted by molar-refractivity contribution is 7.71. The minimum atomic E-state index is 0.0563. The number of benzene rings is 1. The first-order valence-electron chi connectivity index (χ1n) is 10.4. The van der Waals surface area contributed by atoms with E-state index in [1.54, 1.807) is 0 Å². The second kappa shape index (κ2) is 8.52. The van der Waals surface area contributed by atoms with E-state index in [9.17, 15) is 4.79 Å². The van der Waals surface area contributed by atoms with Crippen LogP contribution in [0.2, 0.25) is 0 Å². The molecule has 0 spiro atoms. The van der Waals surface area contributed by atoms with E-state index in [-0.39, 0.29) is 11.9 Å². The summed E-state index contributed by atoms with van der Waals surface area (Å²) < 4.78 is 2.76. The number of nitrogens with zero attached hydrogens (tertiary/aromatic N) is 4. The van der Waals surface area contributed by atoms with Gasteiger partial charge in [-0.3, -0.25) is 14.9 Å². The average molecular weight is 422 g/mol. The Kier molecular flexibility index (Phi) is 5.81. The van der Waals surface area contributed by atoms with Gasteiger partial charge in [0.05, 0.1) is 17.0 Å². The van der Waals surface area contributed by atoms with E-state index >= 15 is 0 Å². The number of aromatic nitrogens is 4. The molecule has 3 aromatic rings. The van der Waals surface area contributed by atoms with Crippen molar-refractivity contribution in [1.82, 2.24) is 24.6 Å². The average Bonchev–Trinajstić information content (AvgIpc) is 3.15. The molecule has 1 saturated heterocycles. The number of aryl methyl sites for hydroxylation is 1. The van der Waals surface area contributed by atoms with Crippen LogP contribution >= 0.6 is 12.2 Å². The number of pyridine rings is 1. The first-order valence-corrected chi connectivity index (χ1v) is 10.9. The number of piperidine rings is 1. The van der Waals surface area contributed by atoms with E-state index < -0.39 is 0 Å². The van der Waals surface area contributed by atoms with Gasteiger partial charge in [0.2, 0.25) is 0 Å². The molecular weight excluding hydrogens is 394 g/mol. The monoisotopic (exact) mass is 421 g/mol. The fourth-order valence-corrected chi connectivity index (χ4v) is 4.52. The van der Waals surface area contributed by atoms with Crippen LogP contribution in [0.15, 0.2) is 42.5 Å². The van der Waals surface area contributed by atoms with Gasteiger partial charge in [-0.05, 0) is 58.0 Å². The van der Waals surface area contributed by atoms with Crippen molar-refractivity contribution in [2.24, 2.45) is 0 Å². The number of carbonyl (C=O) groups is 1. The molecule has 0 radical (unpaired) electrons. The molecular formula is C23H27N5OS. The Balaban J connectivity index is 1.47. The van der Waals surface area contributed by atoms with Crippen LogP contribution < -0.4 is 0 Å². The topological polar surface area (TPSA) is 66.8 Å². The van der Waals surface area contributed by atoms with Crippen molar-refractivity contribution in [3.8, 4) is 11.3 Å². The smallest absolute Gasteiger partial charge is 0.255 e. The summed E-state index contributed by atoms with van der Waals surface area (Å²) in [7, 11) is 0. The highest BCUT2D eigenvalue weighted by Gasteiger charge is 2.29. The Morgan fingerprint density at radius 1 is 1.13 bits per heavy atom. The van der Waals surface area contributed by atoms with Crippen LogP contribution in [0.25, 0.3) is 11.3 Å². The van der Waals surface area contributed by atoms with Crippen molar-refractivity contribution in [2.75, 3.05) is 13.1 Å². The molecule has 156 valence electrons. The standard InChI is InChI=1S/C23H27N5OS/c1-15(2)28-21(25-26-23(28)30)18-11-13-27(14-12-18)22(29)19-9-10-20(24-16(19)3)17-7-5-4-6-8-17/h4-10,15,18H,11-14H2,1-3H3,(H,26,30). The largest absolute Gasteiger partial charge is 0.339 e. The molecule has 1 aliphatic heterocycles. The molecule has 0 unspecified atom stereocenters. The zero-order chi connectivity index (χ0) is 21.3. The summed E-state index contributed by atoms with van der Waals surface area (Å²) in [5.74, 6) is 1.37. The molecule has 0 bridgehead atoms. The van der Waals surface area contributed by atoms with E-state index in [2.05, 4.69) is 33.6 Å². The van der Waals surface area contributed by atoms with Crippen molar-refractivity contribution in [1.29, 1.82) is 0 Å². The van der Waals surface area contributed by atoms with Crippen molar-refractivity contribution in [3.05, 3.63) is 64.3 Å². The van der Waals surface area contributed by atoms with Gasteiger partial charge in [0, 0.05) is 30.6 Å². The summed E-state index contributed by atoms with van der Waals surface area (Å²) in [6.45, 7) is 7.56. The van der Waals surface area contributed by atoms with Crippen LogP contribution in [0.3, 0.4) is 0 Å². The van der Waals surface area contributed by atoms with Crippen LogP contribution in [-0.2, 0) is 0 Å². The number of likely N-dealkylation sites (tertiary alicyclic amines) is 1. The van der Waals surface area contributed by atoms with E-state index in [1.807, 2.05) is 54.3 Å².